The smallest absolute Gasteiger partial charge is 0.161 e. The van der Waals surface area contributed by atoms with E-state index in [1.54, 1.807) is 0 Å². The van der Waals surface area contributed by atoms with Crippen LogP contribution in [0, 0.1) is 0 Å². The highest BCUT2D eigenvalue weighted by Gasteiger charge is 2.27. The molecule has 4 heteroatoms. The number of benzene rings is 9. The third-order valence-corrected chi connectivity index (χ3v) is 10.8. The highest BCUT2D eigenvalue weighted by molar-refractivity contribution is 6.21. The van der Waals surface area contributed by atoms with Gasteiger partial charge >= 0.3 is 0 Å². The second-order valence-electron chi connectivity index (χ2n) is 14.1. The van der Waals surface area contributed by atoms with Gasteiger partial charge in [0.05, 0.1) is 27.8 Å². The summed E-state index contributed by atoms with van der Waals surface area (Å²) in [7, 11) is 0. The fourth-order valence-electron chi connectivity index (χ4n) is 8.26. The fraction of sp³-hybridized carbons (Fsp3) is 0. The topological polar surface area (TPSA) is 32.8 Å². The summed E-state index contributed by atoms with van der Waals surface area (Å²) in [5.41, 5.74) is 11.8. The number of anilines is 6. The van der Waals surface area contributed by atoms with Gasteiger partial charge in [0.25, 0.3) is 0 Å². The van der Waals surface area contributed by atoms with Crippen molar-refractivity contribution in [1.82, 2.24) is 0 Å². The summed E-state index contributed by atoms with van der Waals surface area (Å²) in [6.45, 7) is 0. The third-order valence-electron chi connectivity index (χ3n) is 10.8. The van der Waals surface area contributed by atoms with Gasteiger partial charge in [-0.3, -0.25) is 0 Å². The molecule has 0 aliphatic rings. The summed E-state index contributed by atoms with van der Waals surface area (Å²) in [6, 6.07) is 72.5. The van der Waals surface area contributed by atoms with Gasteiger partial charge in [0.1, 0.15) is 16.7 Å². The number of rotatable bonds is 7. The predicted molar refractivity (Wildman–Crippen MR) is 233 cm³/mol. The molecule has 56 heavy (non-hydrogen) atoms. The van der Waals surface area contributed by atoms with Crippen molar-refractivity contribution in [2.45, 2.75) is 0 Å². The van der Waals surface area contributed by atoms with Gasteiger partial charge in [-0.25, -0.2) is 0 Å². The number of para-hydroxylation sites is 3. The quantitative estimate of drug-likeness (QED) is 0.164. The summed E-state index contributed by atoms with van der Waals surface area (Å²) < 4.78 is 13.6. The molecule has 0 saturated carbocycles. The van der Waals surface area contributed by atoms with E-state index >= 15 is 0 Å². The van der Waals surface area contributed by atoms with E-state index < -0.39 is 0 Å². The van der Waals surface area contributed by atoms with Gasteiger partial charge in [-0.15, -0.1) is 0 Å². The van der Waals surface area contributed by atoms with Crippen LogP contribution >= 0.6 is 0 Å². The summed E-state index contributed by atoms with van der Waals surface area (Å²) in [4.78, 5) is 4.67. The van der Waals surface area contributed by atoms with Crippen molar-refractivity contribution in [1.29, 1.82) is 0 Å². The van der Waals surface area contributed by atoms with Crippen LogP contribution in [0.1, 0.15) is 0 Å². The first kappa shape index (κ1) is 31.9. The zero-order valence-electron chi connectivity index (χ0n) is 30.3. The first-order chi connectivity index (χ1) is 27.8. The molecule has 0 radical (unpaired) electrons. The molecule has 11 aromatic rings. The van der Waals surface area contributed by atoms with E-state index in [0.717, 1.165) is 94.3 Å². The Bertz CT molecular complexity index is 3190. The van der Waals surface area contributed by atoms with Gasteiger partial charge in [0.15, 0.2) is 5.58 Å². The van der Waals surface area contributed by atoms with Crippen molar-refractivity contribution in [2.24, 2.45) is 0 Å². The van der Waals surface area contributed by atoms with E-state index in [0.29, 0.717) is 0 Å². The first-order valence-corrected chi connectivity index (χ1v) is 18.9. The summed E-state index contributed by atoms with van der Waals surface area (Å²) >= 11 is 0. The molecule has 9 aromatic carbocycles. The lowest BCUT2D eigenvalue weighted by atomic mass is 10.0. The second kappa shape index (κ2) is 13.1. The van der Waals surface area contributed by atoms with Crippen LogP contribution in [0.25, 0.3) is 65.8 Å². The third kappa shape index (κ3) is 5.23. The lowest BCUT2D eigenvalue weighted by Gasteiger charge is -2.29. The Morgan fingerprint density at radius 1 is 0.304 bits per heavy atom. The van der Waals surface area contributed by atoms with Crippen molar-refractivity contribution in [2.75, 3.05) is 9.80 Å². The van der Waals surface area contributed by atoms with E-state index in [4.69, 9.17) is 8.83 Å². The van der Waals surface area contributed by atoms with Crippen LogP contribution < -0.4 is 9.80 Å². The molecule has 0 bridgehead atoms. The zero-order valence-corrected chi connectivity index (χ0v) is 30.3. The van der Waals surface area contributed by atoms with Crippen molar-refractivity contribution in [3.05, 3.63) is 206 Å². The highest BCUT2D eigenvalue weighted by Crippen LogP contribution is 2.51. The Labute approximate surface area is 323 Å². The van der Waals surface area contributed by atoms with Crippen LogP contribution in [-0.4, -0.2) is 0 Å². The number of nitrogens with zero attached hydrogens (tertiary/aromatic N) is 2. The Kier molecular flexibility index (Phi) is 7.46. The van der Waals surface area contributed by atoms with Crippen LogP contribution in [0.4, 0.5) is 34.1 Å². The first-order valence-electron chi connectivity index (χ1n) is 18.9. The van der Waals surface area contributed by atoms with Crippen LogP contribution in [-0.2, 0) is 0 Å². The number of hydrogen-bond donors (Lipinski definition) is 0. The molecule has 2 aromatic heterocycles. The molecule has 0 saturated heterocycles. The average Bonchev–Trinajstić information content (AvgIpc) is 3.84. The number of hydrogen-bond acceptors (Lipinski definition) is 4. The van der Waals surface area contributed by atoms with Crippen LogP contribution in [0.3, 0.4) is 0 Å². The minimum absolute atomic E-state index is 0.800. The van der Waals surface area contributed by atoms with Crippen molar-refractivity contribution >= 4 is 88.8 Å². The molecular formula is C52H34N2O2. The fourth-order valence-corrected chi connectivity index (χ4v) is 8.26. The summed E-state index contributed by atoms with van der Waals surface area (Å²) in [6.07, 6.45) is 0. The minimum Gasteiger partial charge on any atom is -0.456 e. The van der Waals surface area contributed by atoms with Crippen molar-refractivity contribution < 1.29 is 8.83 Å². The molecule has 0 fully saturated rings. The standard InChI is InChI=1S/C52H34N2O2/c1-4-15-35(16-5-1)36-27-29-41(30-28-36)53(39-19-6-2-7-20-39)46-32-31-45(51-43-33-37-17-10-11-18-38(37)34-49(43)56-52(46)51)54(40-21-8-3-9-22-40)44-24-14-26-48-50(44)42-23-12-13-25-47(42)55-48/h1-34H. The van der Waals surface area contributed by atoms with E-state index in [9.17, 15) is 0 Å². The highest BCUT2D eigenvalue weighted by atomic mass is 16.3. The normalized spacial score (nSPS) is 11.6. The van der Waals surface area contributed by atoms with Crippen LogP contribution in [0.15, 0.2) is 215 Å². The molecule has 4 nitrogen and oxygen atoms in total. The Morgan fingerprint density at radius 2 is 0.857 bits per heavy atom. The Hall–Kier alpha value is -7.56. The maximum atomic E-state index is 7.13. The lowest BCUT2D eigenvalue weighted by molar-refractivity contribution is 0.669. The van der Waals surface area contributed by atoms with Gasteiger partial charge in [-0.05, 0) is 101 Å². The Balaban J connectivity index is 1.22. The van der Waals surface area contributed by atoms with E-state index in [1.165, 1.54) is 5.56 Å². The van der Waals surface area contributed by atoms with Gasteiger partial charge in [-0.1, -0.05) is 127 Å². The molecule has 0 atom stereocenters. The van der Waals surface area contributed by atoms with E-state index in [-0.39, 0.29) is 0 Å². The monoisotopic (exact) mass is 718 g/mol. The van der Waals surface area contributed by atoms with Gasteiger partial charge in [-0.2, -0.15) is 0 Å². The molecule has 264 valence electrons. The molecule has 0 spiro atoms. The molecule has 11 rings (SSSR count). The summed E-state index contributed by atoms with van der Waals surface area (Å²) in [5, 5.41) is 6.50. The van der Waals surface area contributed by atoms with Gasteiger partial charge in [0, 0.05) is 27.8 Å². The second-order valence-corrected chi connectivity index (χ2v) is 14.1. The van der Waals surface area contributed by atoms with E-state index in [2.05, 4.69) is 204 Å². The predicted octanol–water partition coefficient (Wildman–Crippen LogP) is 15.2. The maximum Gasteiger partial charge on any atom is 0.161 e. The molecular weight excluding hydrogens is 685 g/mol. The molecule has 0 N–H and O–H groups in total. The van der Waals surface area contributed by atoms with E-state index in [1.807, 2.05) is 12.1 Å². The van der Waals surface area contributed by atoms with Crippen LogP contribution in [0.2, 0.25) is 0 Å². The largest absolute Gasteiger partial charge is 0.456 e. The molecule has 2 heterocycles. The SMILES string of the molecule is c1ccc(-c2ccc(N(c3ccccc3)c3ccc(N(c4ccccc4)c4cccc5oc6ccccc6c45)c4c3oc3cc5ccccc5cc34)cc2)cc1. The molecule has 0 aliphatic heterocycles. The Morgan fingerprint density at radius 3 is 1.61 bits per heavy atom. The minimum atomic E-state index is 0.800. The zero-order chi connectivity index (χ0) is 37.0. The van der Waals surface area contributed by atoms with Crippen molar-refractivity contribution in [3.63, 3.8) is 0 Å². The molecule has 0 aliphatic carbocycles. The summed E-state index contributed by atoms with van der Waals surface area (Å²) in [5.74, 6) is 0. The number of fused-ring (bicyclic) bond motifs is 7. The lowest BCUT2D eigenvalue weighted by Crippen LogP contribution is -2.13. The number of furan rings is 2. The molecule has 0 amide bonds. The maximum absolute atomic E-state index is 7.13. The van der Waals surface area contributed by atoms with Crippen LogP contribution in [0.5, 0.6) is 0 Å². The van der Waals surface area contributed by atoms with Gasteiger partial charge in [0.2, 0.25) is 0 Å². The average molecular weight is 719 g/mol. The molecule has 0 unspecified atom stereocenters. The van der Waals surface area contributed by atoms with Gasteiger partial charge < -0.3 is 18.6 Å². The van der Waals surface area contributed by atoms with Crippen molar-refractivity contribution in [3.8, 4) is 11.1 Å².